The summed E-state index contributed by atoms with van der Waals surface area (Å²) < 4.78 is 5.95. The van der Waals surface area contributed by atoms with E-state index in [0.29, 0.717) is 17.3 Å². The summed E-state index contributed by atoms with van der Waals surface area (Å²) in [5.41, 5.74) is 3.46. The third-order valence-corrected chi connectivity index (χ3v) is 7.00. The highest BCUT2D eigenvalue weighted by Gasteiger charge is 2.26. The Labute approximate surface area is 181 Å². The summed E-state index contributed by atoms with van der Waals surface area (Å²) in [6.07, 6.45) is 3.42. The van der Waals surface area contributed by atoms with Crippen molar-refractivity contribution in [1.29, 1.82) is 0 Å². The first-order valence-corrected chi connectivity index (χ1v) is 11.1. The molecule has 0 aliphatic carbocycles. The van der Waals surface area contributed by atoms with Crippen LogP contribution in [0.25, 0.3) is 10.9 Å². The summed E-state index contributed by atoms with van der Waals surface area (Å²) >= 11 is 6.29. The third-order valence-electron chi connectivity index (χ3n) is 4.78. The second kappa shape index (κ2) is 8.97. The molecule has 4 rings (SSSR count). The molecule has 30 heavy (non-hydrogen) atoms. The quantitative estimate of drug-likeness (QED) is 0.438. The van der Waals surface area contributed by atoms with E-state index in [4.69, 9.17) is 16.1 Å². The highest BCUT2D eigenvalue weighted by Crippen LogP contribution is 2.39. The molecule has 0 aliphatic heterocycles. The standard InChI is InChI=1S/C23H21ClN3O2P/c1-15-4-3-5-18(12-15)30(29-2)22-19-13-17(24)6-7-20(19)27-21(22)23(28)26-14-16-8-10-25-11-9-16/h3-13,27H,14H2,1-2H3,(H,26,28). The number of hydrogen-bond donors (Lipinski definition) is 2. The molecule has 0 radical (unpaired) electrons. The fourth-order valence-corrected chi connectivity index (χ4v) is 5.51. The molecular formula is C23H21ClN3O2P. The number of fused-ring (bicyclic) bond motifs is 1. The van der Waals surface area contributed by atoms with Gasteiger partial charge in [-0.3, -0.25) is 9.78 Å². The zero-order chi connectivity index (χ0) is 21.1. The largest absolute Gasteiger partial charge is 0.353 e. The Balaban J connectivity index is 1.78. The van der Waals surface area contributed by atoms with Crippen molar-refractivity contribution in [3.05, 3.63) is 88.8 Å². The molecule has 152 valence electrons. The molecule has 7 heteroatoms. The van der Waals surface area contributed by atoms with Gasteiger partial charge in [0, 0.05) is 52.6 Å². The lowest BCUT2D eigenvalue weighted by molar-refractivity contribution is 0.0948. The van der Waals surface area contributed by atoms with E-state index in [0.717, 1.165) is 32.6 Å². The number of aromatic amines is 1. The topological polar surface area (TPSA) is 67.0 Å². The Bertz CT molecular complexity index is 1190. The number of carbonyl (C=O) groups excluding carboxylic acids is 1. The molecule has 4 aromatic rings. The molecule has 2 aromatic heterocycles. The Morgan fingerprint density at radius 1 is 1.17 bits per heavy atom. The first-order valence-electron chi connectivity index (χ1n) is 9.46. The number of amides is 1. The predicted molar refractivity (Wildman–Crippen MR) is 123 cm³/mol. The molecule has 2 N–H and O–H groups in total. The van der Waals surface area contributed by atoms with E-state index in [1.54, 1.807) is 19.5 Å². The predicted octanol–water partition coefficient (Wildman–Crippen LogP) is 4.45. The molecule has 0 saturated carbocycles. The van der Waals surface area contributed by atoms with E-state index in [2.05, 4.69) is 21.4 Å². The summed E-state index contributed by atoms with van der Waals surface area (Å²) in [5, 5.41) is 6.38. The second-order valence-electron chi connectivity index (χ2n) is 6.89. The third kappa shape index (κ3) is 4.24. The van der Waals surface area contributed by atoms with Crippen LogP contribution in [-0.2, 0) is 11.1 Å². The zero-order valence-electron chi connectivity index (χ0n) is 16.6. The van der Waals surface area contributed by atoms with Gasteiger partial charge < -0.3 is 14.8 Å². The normalized spacial score (nSPS) is 12.1. The van der Waals surface area contributed by atoms with Gasteiger partial charge in [0.2, 0.25) is 0 Å². The summed E-state index contributed by atoms with van der Waals surface area (Å²) in [6.45, 7) is 2.45. The molecule has 0 saturated heterocycles. The molecule has 0 bridgehead atoms. The van der Waals surface area contributed by atoms with Crippen molar-refractivity contribution in [2.24, 2.45) is 0 Å². The van der Waals surface area contributed by atoms with Gasteiger partial charge in [0.1, 0.15) is 5.69 Å². The first kappa shape index (κ1) is 20.5. The molecule has 1 amide bonds. The van der Waals surface area contributed by atoms with Crippen LogP contribution in [0.15, 0.2) is 67.0 Å². The van der Waals surface area contributed by atoms with E-state index in [-0.39, 0.29) is 5.91 Å². The van der Waals surface area contributed by atoms with Crippen LogP contribution >= 0.6 is 19.7 Å². The van der Waals surface area contributed by atoms with Gasteiger partial charge in [0.15, 0.2) is 0 Å². The number of hydrogen-bond acceptors (Lipinski definition) is 3. The van der Waals surface area contributed by atoms with Crippen LogP contribution in [0.5, 0.6) is 0 Å². The van der Waals surface area contributed by atoms with Crippen molar-refractivity contribution >= 4 is 47.2 Å². The molecule has 2 aromatic carbocycles. The van der Waals surface area contributed by atoms with Crippen LogP contribution in [0.3, 0.4) is 0 Å². The number of halogens is 1. The minimum absolute atomic E-state index is 0.189. The van der Waals surface area contributed by atoms with Crippen LogP contribution < -0.4 is 15.9 Å². The highest BCUT2D eigenvalue weighted by molar-refractivity contribution is 7.69. The summed E-state index contributed by atoms with van der Waals surface area (Å²) in [7, 11) is 0.458. The monoisotopic (exact) mass is 437 g/mol. The van der Waals surface area contributed by atoms with Crippen molar-refractivity contribution in [2.75, 3.05) is 7.11 Å². The van der Waals surface area contributed by atoms with Crippen molar-refractivity contribution in [3.8, 4) is 0 Å². The number of benzene rings is 2. The number of nitrogens with one attached hydrogen (secondary N) is 2. The minimum atomic E-state index is -1.22. The minimum Gasteiger partial charge on any atom is -0.353 e. The molecule has 2 heterocycles. The molecule has 1 atom stereocenters. The summed E-state index contributed by atoms with van der Waals surface area (Å²) in [6, 6.07) is 17.5. The van der Waals surface area contributed by atoms with Crippen molar-refractivity contribution in [2.45, 2.75) is 13.5 Å². The fourth-order valence-electron chi connectivity index (χ4n) is 3.38. The fraction of sp³-hybridized carbons (Fsp3) is 0.130. The number of H-pyrrole nitrogens is 1. The zero-order valence-corrected chi connectivity index (χ0v) is 18.3. The van der Waals surface area contributed by atoms with Gasteiger partial charge in [0.05, 0.1) is 8.15 Å². The van der Waals surface area contributed by atoms with Gasteiger partial charge in [0.25, 0.3) is 5.91 Å². The Morgan fingerprint density at radius 3 is 2.70 bits per heavy atom. The van der Waals surface area contributed by atoms with E-state index >= 15 is 0 Å². The highest BCUT2D eigenvalue weighted by atomic mass is 35.5. The van der Waals surface area contributed by atoms with Gasteiger partial charge in [-0.05, 0) is 48.9 Å². The lowest BCUT2D eigenvalue weighted by Crippen LogP contribution is -2.28. The molecule has 1 unspecified atom stereocenters. The maximum absolute atomic E-state index is 13.2. The number of rotatable bonds is 6. The number of aryl methyl sites for hydroxylation is 1. The molecule has 0 fully saturated rings. The van der Waals surface area contributed by atoms with Crippen molar-refractivity contribution in [1.82, 2.24) is 15.3 Å². The SMILES string of the molecule is COP(c1cccc(C)c1)c1c(C(=O)NCc2ccncc2)[nH]c2ccc(Cl)cc12. The molecular weight excluding hydrogens is 417 g/mol. The first-order chi connectivity index (χ1) is 14.6. The number of carbonyl (C=O) groups is 1. The van der Waals surface area contributed by atoms with E-state index in [1.807, 2.05) is 55.5 Å². The van der Waals surface area contributed by atoms with Crippen LogP contribution in [0, 0.1) is 6.92 Å². The van der Waals surface area contributed by atoms with Crippen molar-refractivity contribution < 1.29 is 9.32 Å². The molecule has 0 aliphatic rings. The molecule has 5 nitrogen and oxygen atoms in total. The lowest BCUT2D eigenvalue weighted by atomic mass is 10.2. The lowest BCUT2D eigenvalue weighted by Gasteiger charge is -2.17. The summed E-state index contributed by atoms with van der Waals surface area (Å²) in [4.78, 5) is 20.5. The maximum atomic E-state index is 13.2. The maximum Gasteiger partial charge on any atom is 0.268 e. The average molecular weight is 438 g/mol. The Kier molecular flexibility index (Phi) is 6.14. The van der Waals surface area contributed by atoms with Crippen LogP contribution in [-0.4, -0.2) is 23.0 Å². The van der Waals surface area contributed by atoms with Gasteiger partial charge in [-0.15, -0.1) is 0 Å². The number of pyridine rings is 1. The summed E-state index contributed by atoms with van der Waals surface area (Å²) in [5.74, 6) is -0.189. The Hall–Kier alpha value is -2.72. The second-order valence-corrected chi connectivity index (χ2v) is 9.25. The van der Waals surface area contributed by atoms with Gasteiger partial charge in [-0.1, -0.05) is 35.4 Å². The van der Waals surface area contributed by atoms with E-state index < -0.39 is 8.15 Å². The van der Waals surface area contributed by atoms with Crippen LogP contribution in [0.2, 0.25) is 5.02 Å². The van der Waals surface area contributed by atoms with Gasteiger partial charge in [-0.2, -0.15) is 0 Å². The van der Waals surface area contributed by atoms with Gasteiger partial charge >= 0.3 is 0 Å². The average Bonchev–Trinajstić information content (AvgIpc) is 3.12. The van der Waals surface area contributed by atoms with Crippen LogP contribution in [0.4, 0.5) is 0 Å². The van der Waals surface area contributed by atoms with Crippen molar-refractivity contribution in [3.63, 3.8) is 0 Å². The van der Waals surface area contributed by atoms with E-state index in [1.165, 1.54) is 0 Å². The Morgan fingerprint density at radius 2 is 1.97 bits per heavy atom. The molecule has 0 spiro atoms. The number of nitrogens with zero attached hydrogens (tertiary/aromatic N) is 1. The number of aromatic nitrogens is 2. The van der Waals surface area contributed by atoms with Crippen LogP contribution in [0.1, 0.15) is 21.6 Å². The van der Waals surface area contributed by atoms with Gasteiger partial charge in [-0.25, -0.2) is 0 Å². The van der Waals surface area contributed by atoms with E-state index in [9.17, 15) is 4.79 Å². The smallest absolute Gasteiger partial charge is 0.268 e.